The van der Waals surface area contributed by atoms with Gasteiger partial charge in [-0.1, -0.05) is 36.4 Å². The molecule has 0 bridgehead atoms. The molecule has 5 nitrogen and oxygen atoms in total. The van der Waals surface area contributed by atoms with E-state index in [0.717, 1.165) is 11.3 Å². The largest absolute Gasteiger partial charge is 0.346 e. The Hall–Kier alpha value is -3.73. The Morgan fingerprint density at radius 3 is 2.50 bits per heavy atom. The number of nitrogens with zero attached hydrogens (tertiary/aromatic N) is 1. The van der Waals surface area contributed by atoms with Crippen LogP contribution in [0, 0.1) is 0 Å². The van der Waals surface area contributed by atoms with E-state index in [2.05, 4.69) is 15.6 Å². The molecule has 0 aliphatic heterocycles. The van der Waals surface area contributed by atoms with E-state index in [4.69, 9.17) is 0 Å². The molecule has 0 aliphatic carbocycles. The standard InChI is InChI=1S/C23H21N3O2/c1-17(25-22(27)14-13-20-11-5-6-15-24-20)19-10-7-12-21(16-19)26-23(28)18-8-3-2-4-9-18/h2-17H,1H3,(H,25,27)(H,26,28)/b14-13+. The number of hydrogen-bond acceptors (Lipinski definition) is 3. The van der Waals surface area contributed by atoms with Crippen LogP contribution < -0.4 is 10.6 Å². The Kier molecular flexibility index (Phi) is 6.31. The van der Waals surface area contributed by atoms with Gasteiger partial charge in [0, 0.05) is 23.5 Å². The molecule has 0 saturated heterocycles. The minimum atomic E-state index is -0.213. The average molecular weight is 371 g/mol. The second-order valence-corrected chi connectivity index (χ2v) is 6.26. The second kappa shape index (κ2) is 9.28. The number of nitrogens with one attached hydrogen (secondary N) is 2. The molecule has 2 N–H and O–H groups in total. The third-order valence-corrected chi connectivity index (χ3v) is 4.13. The molecule has 1 unspecified atom stereocenters. The molecule has 0 radical (unpaired) electrons. The van der Waals surface area contributed by atoms with Crippen molar-refractivity contribution in [2.45, 2.75) is 13.0 Å². The molecule has 1 heterocycles. The van der Waals surface area contributed by atoms with Crippen molar-refractivity contribution in [3.8, 4) is 0 Å². The molecule has 2 aromatic carbocycles. The molecule has 5 heteroatoms. The van der Waals surface area contributed by atoms with Crippen LogP contribution in [0.3, 0.4) is 0 Å². The molecule has 0 spiro atoms. The molecule has 0 saturated carbocycles. The van der Waals surface area contributed by atoms with Crippen LogP contribution in [0.15, 0.2) is 85.1 Å². The summed E-state index contributed by atoms with van der Waals surface area (Å²) >= 11 is 0. The van der Waals surface area contributed by atoms with Crippen LogP contribution in [0.5, 0.6) is 0 Å². The topological polar surface area (TPSA) is 71.1 Å². The van der Waals surface area contributed by atoms with Crippen LogP contribution in [-0.2, 0) is 4.79 Å². The third-order valence-electron chi connectivity index (χ3n) is 4.13. The van der Waals surface area contributed by atoms with Gasteiger partial charge in [0.1, 0.15) is 0 Å². The first-order chi connectivity index (χ1) is 13.6. The zero-order valence-corrected chi connectivity index (χ0v) is 15.5. The molecule has 0 fully saturated rings. The molecule has 28 heavy (non-hydrogen) atoms. The minimum Gasteiger partial charge on any atom is -0.346 e. The summed E-state index contributed by atoms with van der Waals surface area (Å²) in [5.41, 5.74) is 2.88. The van der Waals surface area contributed by atoms with Gasteiger partial charge in [-0.3, -0.25) is 14.6 Å². The van der Waals surface area contributed by atoms with Gasteiger partial charge >= 0.3 is 0 Å². The number of benzene rings is 2. The lowest BCUT2D eigenvalue weighted by molar-refractivity contribution is -0.117. The number of anilines is 1. The van der Waals surface area contributed by atoms with E-state index in [-0.39, 0.29) is 17.9 Å². The zero-order chi connectivity index (χ0) is 19.8. The van der Waals surface area contributed by atoms with Crippen molar-refractivity contribution in [2.24, 2.45) is 0 Å². The molecule has 1 aromatic heterocycles. The van der Waals surface area contributed by atoms with E-state index in [0.29, 0.717) is 11.3 Å². The predicted octanol–water partition coefficient (Wildman–Crippen LogP) is 4.22. The van der Waals surface area contributed by atoms with E-state index in [1.165, 1.54) is 6.08 Å². The van der Waals surface area contributed by atoms with Crippen LogP contribution in [0.25, 0.3) is 6.08 Å². The average Bonchev–Trinajstić information content (AvgIpc) is 2.74. The van der Waals surface area contributed by atoms with Crippen molar-refractivity contribution in [3.63, 3.8) is 0 Å². The van der Waals surface area contributed by atoms with Crippen LogP contribution in [0.1, 0.15) is 34.6 Å². The summed E-state index contributed by atoms with van der Waals surface area (Å²) in [6, 6.07) is 21.8. The normalized spacial score (nSPS) is 11.8. The maximum absolute atomic E-state index is 12.3. The highest BCUT2D eigenvalue weighted by atomic mass is 16.2. The van der Waals surface area contributed by atoms with Crippen LogP contribution in [-0.4, -0.2) is 16.8 Å². The van der Waals surface area contributed by atoms with Crippen molar-refractivity contribution in [1.82, 2.24) is 10.3 Å². The van der Waals surface area contributed by atoms with Crippen LogP contribution in [0.4, 0.5) is 5.69 Å². The first kappa shape index (κ1) is 19.0. The number of pyridine rings is 1. The molecule has 1 atom stereocenters. The summed E-state index contributed by atoms with van der Waals surface area (Å²) in [5, 5.41) is 5.79. The van der Waals surface area contributed by atoms with Crippen molar-refractivity contribution in [1.29, 1.82) is 0 Å². The summed E-state index contributed by atoms with van der Waals surface area (Å²) in [7, 11) is 0. The zero-order valence-electron chi connectivity index (χ0n) is 15.5. The number of amides is 2. The summed E-state index contributed by atoms with van der Waals surface area (Å²) in [6.07, 6.45) is 4.80. The van der Waals surface area contributed by atoms with Gasteiger partial charge in [-0.15, -0.1) is 0 Å². The number of aromatic nitrogens is 1. The Morgan fingerprint density at radius 2 is 1.75 bits per heavy atom. The van der Waals surface area contributed by atoms with Crippen molar-refractivity contribution in [2.75, 3.05) is 5.32 Å². The highest BCUT2D eigenvalue weighted by Gasteiger charge is 2.10. The van der Waals surface area contributed by atoms with E-state index in [1.807, 2.05) is 67.6 Å². The lowest BCUT2D eigenvalue weighted by Gasteiger charge is -2.14. The highest BCUT2D eigenvalue weighted by molar-refractivity contribution is 6.04. The monoisotopic (exact) mass is 371 g/mol. The quantitative estimate of drug-likeness (QED) is 0.637. The maximum Gasteiger partial charge on any atom is 0.255 e. The van der Waals surface area contributed by atoms with Gasteiger partial charge in [0.25, 0.3) is 5.91 Å². The predicted molar refractivity (Wildman–Crippen MR) is 111 cm³/mol. The molecule has 0 aliphatic rings. The van der Waals surface area contributed by atoms with Gasteiger partial charge in [0.2, 0.25) is 5.91 Å². The fraction of sp³-hybridized carbons (Fsp3) is 0.0870. The van der Waals surface area contributed by atoms with Crippen molar-refractivity contribution >= 4 is 23.6 Å². The number of carbonyl (C=O) groups is 2. The van der Waals surface area contributed by atoms with Crippen LogP contribution >= 0.6 is 0 Å². The SMILES string of the molecule is CC(NC(=O)/C=C/c1ccccn1)c1cccc(NC(=O)c2ccccc2)c1. The second-order valence-electron chi connectivity index (χ2n) is 6.26. The third kappa shape index (κ3) is 5.38. The number of rotatable bonds is 6. The molecule has 2 amide bonds. The van der Waals surface area contributed by atoms with Gasteiger partial charge in [-0.2, -0.15) is 0 Å². The van der Waals surface area contributed by atoms with E-state index in [1.54, 1.807) is 24.4 Å². The van der Waals surface area contributed by atoms with Gasteiger partial charge in [-0.05, 0) is 55.0 Å². The summed E-state index contributed by atoms with van der Waals surface area (Å²) < 4.78 is 0. The Balaban J connectivity index is 1.62. The first-order valence-electron chi connectivity index (χ1n) is 8.98. The Morgan fingerprint density at radius 1 is 0.964 bits per heavy atom. The molecule has 3 aromatic rings. The van der Waals surface area contributed by atoms with Crippen molar-refractivity contribution < 1.29 is 9.59 Å². The molecular weight excluding hydrogens is 350 g/mol. The van der Waals surface area contributed by atoms with Gasteiger partial charge in [0.05, 0.1) is 11.7 Å². The Bertz CT molecular complexity index is 969. The van der Waals surface area contributed by atoms with E-state index < -0.39 is 0 Å². The summed E-state index contributed by atoms with van der Waals surface area (Å²) in [5.74, 6) is -0.385. The van der Waals surface area contributed by atoms with Gasteiger partial charge in [-0.25, -0.2) is 0 Å². The minimum absolute atomic E-state index is 0.173. The maximum atomic E-state index is 12.3. The molecule has 140 valence electrons. The lowest BCUT2D eigenvalue weighted by atomic mass is 10.1. The Labute approximate surface area is 164 Å². The fourth-order valence-electron chi connectivity index (χ4n) is 2.66. The smallest absolute Gasteiger partial charge is 0.255 e. The van der Waals surface area contributed by atoms with Crippen molar-refractivity contribution in [3.05, 3.63) is 102 Å². The first-order valence-corrected chi connectivity index (χ1v) is 8.98. The highest BCUT2D eigenvalue weighted by Crippen LogP contribution is 2.18. The van der Waals surface area contributed by atoms with E-state index >= 15 is 0 Å². The van der Waals surface area contributed by atoms with Crippen LogP contribution in [0.2, 0.25) is 0 Å². The van der Waals surface area contributed by atoms with Gasteiger partial charge in [0.15, 0.2) is 0 Å². The van der Waals surface area contributed by atoms with E-state index in [9.17, 15) is 9.59 Å². The molecule has 3 rings (SSSR count). The van der Waals surface area contributed by atoms with Gasteiger partial charge < -0.3 is 10.6 Å². The fourth-order valence-corrected chi connectivity index (χ4v) is 2.66. The summed E-state index contributed by atoms with van der Waals surface area (Å²) in [4.78, 5) is 28.6. The lowest BCUT2D eigenvalue weighted by Crippen LogP contribution is -2.24. The number of carbonyl (C=O) groups excluding carboxylic acids is 2. The molecular formula is C23H21N3O2. The number of hydrogen-bond donors (Lipinski definition) is 2. The summed E-state index contributed by atoms with van der Waals surface area (Å²) in [6.45, 7) is 1.89.